The lowest BCUT2D eigenvalue weighted by Gasteiger charge is -2.40. The Kier molecular flexibility index (Phi) is 12.8. The van der Waals surface area contributed by atoms with Crippen LogP contribution in [0.15, 0.2) is 24.3 Å². The van der Waals surface area contributed by atoms with Gasteiger partial charge >= 0.3 is 0 Å². The number of aryl methyl sites for hydroxylation is 1. The molecule has 6 rings (SSSR count). The van der Waals surface area contributed by atoms with Crippen LogP contribution in [0.5, 0.6) is 0 Å². The molecule has 1 saturated carbocycles. The molecule has 3 fully saturated rings. The van der Waals surface area contributed by atoms with Crippen molar-refractivity contribution < 1.29 is 28.0 Å². The zero-order chi connectivity index (χ0) is 36.9. The van der Waals surface area contributed by atoms with Gasteiger partial charge in [0, 0.05) is 68.3 Å². The Balaban J connectivity index is 0.000000392. The van der Waals surface area contributed by atoms with Crippen molar-refractivity contribution in [3.05, 3.63) is 55.4 Å². The van der Waals surface area contributed by atoms with E-state index in [2.05, 4.69) is 49.5 Å². The van der Waals surface area contributed by atoms with E-state index >= 15 is 0 Å². The number of aromatic nitrogens is 3. The second-order valence-electron chi connectivity index (χ2n) is 14.0. The van der Waals surface area contributed by atoms with E-state index in [1.165, 1.54) is 22.7 Å². The lowest BCUT2D eigenvalue weighted by Crippen LogP contribution is -2.45. The normalized spacial score (nSPS) is 22.2. The number of thiophene rings is 2. The van der Waals surface area contributed by atoms with Gasteiger partial charge in [0.15, 0.2) is 6.29 Å². The van der Waals surface area contributed by atoms with E-state index in [0.29, 0.717) is 45.1 Å². The van der Waals surface area contributed by atoms with Crippen LogP contribution in [-0.2, 0) is 4.79 Å². The Hall–Kier alpha value is -3.56. The molecule has 2 aliphatic heterocycles. The Morgan fingerprint density at radius 1 is 0.922 bits per heavy atom. The summed E-state index contributed by atoms with van der Waals surface area (Å²) >= 11 is 2.57. The second kappa shape index (κ2) is 16.8. The van der Waals surface area contributed by atoms with Gasteiger partial charge in [0.05, 0.1) is 20.7 Å². The van der Waals surface area contributed by atoms with E-state index in [1.807, 2.05) is 13.0 Å². The minimum absolute atomic E-state index is 0.150. The molecule has 3 atom stereocenters. The third kappa shape index (κ3) is 9.28. The zero-order valence-electron chi connectivity index (χ0n) is 29.9. The third-order valence-corrected chi connectivity index (χ3v) is 12.5. The Morgan fingerprint density at radius 3 is 2.10 bits per heavy atom. The van der Waals surface area contributed by atoms with Crippen molar-refractivity contribution in [1.82, 2.24) is 35.6 Å². The highest BCUT2D eigenvalue weighted by Crippen LogP contribution is 2.43. The van der Waals surface area contributed by atoms with Crippen molar-refractivity contribution in [3.8, 4) is 0 Å². The van der Waals surface area contributed by atoms with Gasteiger partial charge in [-0.1, -0.05) is 13.8 Å². The lowest BCUT2D eigenvalue weighted by molar-refractivity contribution is -0.130. The predicted molar refractivity (Wildman–Crippen MR) is 194 cm³/mol. The highest BCUT2D eigenvalue weighted by Gasteiger charge is 2.43. The van der Waals surface area contributed by atoms with E-state index in [4.69, 9.17) is 0 Å². The molecule has 3 amide bonds. The molecule has 2 unspecified atom stereocenters. The number of hydrogen-bond donors (Lipinski definition) is 3. The van der Waals surface area contributed by atoms with Crippen LogP contribution in [0.2, 0.25) is 0 Å². The molecule has 3 aromatic rings. The van der Waals surface area contributed by atoms with Crippen LogP contribution in [-0.4, -0.2) is 82.3 Å². The number of hydrogen-bond acceptors (Lipinski definition) is 9. The van der Waals surface area contributed by atoms with Gasteiger partial charge in [-0.25, -0.2) is 8.78 Å². The van der Waals surface area contributed by atoms with Gasteiger partial charge in [0.25, 0.3) is 11.8 Å². The number of carbonyl (C=O) groups excluding carboxylic acids is 4. The number of nitrogens with one attached hydrogen (secondary N) is 3. The molecule has 15 heteroatoms. The molecule has 0 spiro atoms. The van der Waals surface area contributed by atoms with Crippen molar-refractivity contribution in [3.63, 3.8) is 0 Å². The monoisotopic (exact) mass is 745 g/mol. The van der Waals surface area contributed by atoms with Crippen LogP contribution >= 0.6 is 22.7 Å². The average molecular weight is 746 g/mol. The van der Waals surface area contributed by atoms with E-state index in [0.717, 1.165) is 55.0 Å². The number of halogens is 2. The number of alkyl halides is 2. The Labute approximate surface area is 306 Å². The van der Waals surface area contributed by atoms with Gasteiger partial charge < -0.3 is 20.5 Å². The van der Waals surface area contributed by atoms with Crippen molar-refractivity contribution in [2.75, 3.05) is 20.6 Å². The summed E-state index contributed by atoms with van der Waals surface area (Å²) in [5.41, 5.74) is 0. The van der Waals surface area contributed by atoms with Crippen LogP contribution in [0.4, 0.5) is 8.78 Å². The van der Waals surface area contributed by atoms with Gasteiger partial charge in [-0.3, -0.25) is 24.1 Å². The van der Waals surface area contributed by atoms with E-state index in [9.17, 15) is 28.0 Å². The molecule has 51 heavy (non-hydrogen) atoms. The summed E-state index contributed by atoms with van der Waals surface area (Å²) in [6.45, 7) is 7.21. The van der Waals surface area contributed by atoms with Gasteiger partial charge in [0.2, 0.25) is 11.8 Å². The fraction of sp³-hybridized carbons (Fsp3) is 0.611. The molecule has 0 radical (unpaired) electrons. The maximum absolute atomic E-state index is 13.7. The summed E-state index contributed by atoms with van der Waals surface area (Å²) in [5, 5.41) is 17.2. The van der Waals surface area contributed by atoms with Crippen molar-refractivity contribution in [2.24, 2.45) is 5.92 Å². The fourth-order valence-electron chi connectivity index (χ4n) is 7.65. The maximum atomic E-state index is 13.7. The van der Waals surface area contributed by atoms with Crippen molar-refractivity contribution >= 4 is 46.7 Å². The van der Waals surface area contributed by atoms with Crippen LogP contribution in [0.3, 0.4) is 0 Å². The third-order valence-electron chi connectivity index (χ3n) is 10.3. The average Bonchev–Trinajstić information content (AvgIpc) is 3.92. The van der Waals surface area contributed by atoms with Gasteiger partial charge in [-0.2, -0.15) is 0 Å². The van der Waals surface area contributed by atoms with Gasteiger partial charge in [-0.15, -0.1) is 32.9 Å². The molecule has 0 aromatic carbocycles. The smallest absolute Gasteiger partial charge is 0.261 e. The molecule has 5 heterocycles. The standard InChI is InChI=1S/C29H42F2N6O2S.C7H7NO2S/c1-17(2)26-35-34-18(3)37(26)22-15-20-5-6-21(16-22)36(20)14-11-23(24-7-8-25(40-24)28(39)32-4)33-27(38)19-9-12-29(30,31)13-10-19;1-8-7(10)6-3-2-5(4-9)11-6/h7-8,17,19-23H,5-6,9-16H2,1-4H3,(H,32,39)(H,33,38);2-4H,1H3,(H,8,10)/t20?,21?,22?,23-;/m0./s1. The van der Waals surface area contributed by atoms with Crippen LogP contribution in [0.25, 0.3) is 0 Å². The van der Waals surface area contributed by atoms with Gasteiger partial charge in [0.1, 0.15) is 11.6 Å². The highest BCUT2D eigenvalue weighted by atomic mass is 32.1. The second-order valence-corrected chi connectivity index (χ2v) is 16.3. The Bertz CT molecular complexity index is 1660. The SMILES string of the molecule is CNC(=O)c1ccc(C=O)s1.CNC(=O)c1ccc([C@H](CCN2C3CCC2CC(n2c(C)nnc2C(C)C)C3)NC(=O)C2CCC(F)(F)CC2)s1. The molecule has 11 nitrogen and oxygen atoms in total. The molecule has 3 aliphatic rings. The predicted octanol–water partition coefficient (Wildman–Crippen LogP) is 6.29. The first-order chi connectivity index (χ1) is 24.3. The zero-order valence-corrected chi connectivity index (χ0v) is 31.5. The Morgan fingerprint density at radius 2 is 1.53 bits per heavy atom. The minimum Gasteiger partial charge on any atom is -0.354 e. The van der Waals surface area contributed by atoms with Crippen LogP contribution in [0, 0.1) is 12.8 Å². The fourth-order valence-corrected chi connectivity index (χ4v) is 9.46. The molecule has 278 valence electrons. The molecular weight excluding hydrogens is 697 g/mol. The first kappa shape index (κ1) is 38.7. The molecule has 3 aromatic heterocycles. The first-order valence-corrected chi connectivity index (χ1v) is 19.4. The number of nitrogens with zero attached hydrogens (tertiary/aromatic N) is 4. The highest BCUT2D eigenvalue weighted by molar-refractivity contribution is 7.15. The number of piperidine rings is 1. The van der Waals surface area contributed by atoms with Gasteiger partial charge in [-0.05, 0) is 76.1 Å². The molecular formula is C36H49F2N7O4S2. The van der Waals surface area contributed by atoms with E-state index in [-0.39, 0.29) is 49.4 Å². The number of rotatable bonds is 11. The first-order valence-electron chi connectivity index (χ1n) is 17.8. The number of amides is 3. The quantitative estimate of drug-likeness (QED) is 0.196. The summed E-state index contributed by atoms with van der Waals surface area (Å²) < 4.78 is 29.8. The van der Waals surface area contributed by atoms with Crippen molar-refractivity contribution in [1.29, 1.82) is 0 Å². The molecule has 2 bridgehead atoms. The minimum atomic E-state index is -2.67. The summed E-state index contributed by atoms with van der Waals surface area (Å²) in [5.74, 6) is -1.15. The van der Waals surface area contributed by atoms with E-state index in [1.54, 1.807) is 32.3 Å². The van der Waals surface area contributed by atoms with Crippen LogP contribution < -0.4 is 16.0 Å². The van der Waals surface area contributed by atoms with Crippen molar-refractivity contribution in [2.45, 2.75) is 115 Å². The maximum Gasteiger partial charge on any atom is 0.261 e. The molecule has 3 N–H and O–H groups in total. The number of fused-ring (bicyclic) bond motifs is 2. The topological polar surface area (TPSA) is 138 Å². The number of carbonyl (C=O) groups is 4. The van der Waals surface area contributed by atoms with Crippen LogP contribution in [0.1, 0.15) is 135 Å². The molecule has 1 aliphatic carbocycles. The summed E-state index contributed by atoms with van der Waals surface area (Å²) in [4.78, 5) is 51.8. The summed E-state index contributed by atoms with van der Waals surface area (Å²) in [6.07, 6.45) is 5.82. The summed E-state index contributed by atoms with van der Waals surface area (Å²) in [6, 6.07) is 8.03. The largest absolute Gasteiger partial charge is 0.354 e. The van der Waals surface area contributed by atoms with E-state index < -0.39 is 11.8 Å². The summed E-state index contributed by atoms with van der Waals surface area (Å²) in [7, 11) is 3.16. The molecule has 2 saturated heterocycles. The number of aldehydes is 1. The lowest BCUT2D eigenvalue weighted by atomic mass is 9.86.